The van der Waals surface area contributed by atoms with Gasteiger partial charge in [-0.1, -0.05) is 18.2 Å². The summed E-state index contributed by atoms with van der Waals surface area (Å²) in [5.41, 5.74) is 1.43. The van der Waals surface area contributed by atoms with Crippen molar-refractivity contribution in [3.8, 4) is 0 Å². The Labute approximate surface area is 149 Å². The maximum atomic E-state index is 13.0. The third-order valence-electron chi connectivity index (χ3n) is 3.58. The molecule has 1 heterocycles. The Bertz CT molecular complexity index is 771. The molecule has 0 spiro atoms. The molecule has 1 aromatic heterocycles. The number of hydrogen-bond donors (Lipinski definition) is 2. The van der Waals surface area contributed by atoms with Crippen LogP contribution in [0, 0.1) is 12.7 Å². The Morgan fingerprint density at radius 1 is 1.40 bits per heavy atom. The molecule has 2 aromatic rings. The predicted molar refractivity (Wildman–Crippen MR) is 94.4 cm³/mol. The van der Waals surface area contributed by atoms with Crippen molar-refractivity contribution in [1.29, 1.82) is 0 Å². The molecule has 0 fully saturated rings. The molecule has 5 nitrogen and oxygen atoms in total. The second-order valence-corrected chi connectivity index (χ2v) is 6.64. The lowest BCUT2D eigenvalue weighted by atomic mass is 10.1. The highest BCUT2D eigenvalue weighted by molar-refractivity contribution is 7.13. The van der Waals surface area contributed by atoms with Crippen LogP contribution in [0.4, 0.5) is 4.39 Å². The van der Waals surface area contributed by atoms with Crippen molar-refractivity contribution in [1.82, 2.24) is 10.3 Å². The summed E-state index contributed by atoms with van der Waals surface area (Å²) in [7, 11) is 0. The zero-order valence-electron chi connectivity index (χ0n) is 13.8. The lowest BCUT2D eigenvalue weighted by Gasteiger charge is -2.12. The van der Waals surface area contributed by atoms with E-state index < -0.39 is 17.9 Å². The van der Waals surface area contributed by atoms with Crippen molar-refractivity contribution < 1.29 is 19.1 Å². The number of halogens is 1. The van der Waals surface area contributed by atoms with Crippen LogP contribution in [-0.2, 0) is 11.2 Å². The number of allylic oxidation sites excluding steroid dienone is 1. The number of thiazole rings is 1. The zero-order chi connectivity index (χ0) is 18.4. The molecule has 0 aliphatic heterocycles. The van der Waals surface area contributed by atoms with Gasteiger partial charge in [0, 0.05) is 6.42 Å². The van der Waals surface area contributed by atoms with Gasteiger partial charge in [0.05, 0.1) is 10.7 Å². The fourth-order valence-corrected chi connectivity index (χ4v) is 3.28. The summed E-state index contributed by atoms with van der Waals surface area (Å²) in [6.07, 6.45) is 2.87. The Balaban J connectivity index is 2.09. The SMILES string of the molecule is C=CCCC(NC(=O)c1sc(Cc2ccc(F)cc2)nc1C)C(=O)O. The fourth-order valence-electron chi connectivity index (χ4n) is 2.28. The number of rotatable bonds is 8. The van der Waals surface area contributed by atoms with Gasteiger partial charge in [-0.2, -0.15) is 0 Å². The summed E-state index contributed by atoms with van der Waals surface area (Å²) < 4.78 is 13.0. The van der Waals surface area contributed by atoms with Crippen LogP contribution < -0.4 is 5.32 Å². The molecule has 0 saturated heterocycles. The van der Waals surface area contributed by atoms with Gasteiger partial charge in [0.25, 0.3) is 5.91 Å². The van der Waals surface area contributed by atoms with Crippen molar-refractivity contribution in [2.24, 2.45) is 0 Å². The quantitative estimate of drug-likeness (QED) is 0.706. The molecule has 0 radical (unpaired) electrons. The minimum atomic E-state index is -1.08. The number of aromatic nitrogens is 1. The van der Waals surface area contributed by atoms with Crippen LogP contribution in [-0.4, -0.2) is 28.0 Å². The molecular formula is C18H19FN2O3S. The van der Waals surface area contributed by atoms with E-state index in [1.54, 1.807) is 25.1 Å². The van der Waals surface area contributed by atoms with Crippen LogP contribution in [0.1, 0.15) is 38.8 Å². The zero-order valence-corrected chi connectivity index (χ0v) is 14.6. The second-order valence-electron chi connectivity index (χ2n) is 5.56. The molecule has 1 atom stereocenters. The van der Waals surface area contributed by atoms with Gasteiger partial charge in [-0.05, 0) is 37.5 Å². The minimum absolute atomic E-state index is 0.283. The summed E-state index contributed by atoms with van der Waals surface area (Å²) in [4.78, 5) is 28.4. The number of carbonyl (C=O) groups is 2. The average molecular weight is 362 g/mol. The maximum absolute atomic E-state index is 13.0. The molecule has 0 bridgehead atoms. The molecule has 7 heteroatoms. The Hall–Kier alpha value is -2.54. The topological polar surface area (TPSA) is 79.3 Å². The first-order valence-electron chi connectivity index (χ1n) is 7.76. The number of aryl methyl sites for hydroxylation is 1. The van der Waals surface area contributed by atoms with Gasteiger partial charge in [0.15, 0.2) is 0 Å². The first kappa shape index (κ1) is 18.8. The summed E-state index contributed by atoms with van der Waals surface area (Å²) in [6.45, 7) is 5.26. The summed E-state index contributed by atoms with van der Waals surface area (Å²) >= 11 is 1.21. The molecular weight excluding hydrogens is 343 g/mol. The summed E-state index contributed by atoms with van der Waals surface area (Å²) in [5.74, 6) is -1.83. The largest absolute Gasteiger partial charge is 0.480 e. The molecule has 0 aliphatic rings. The number of carboxylic acid groups (broad SMARTS) is 1. The molecule has 1 unspecified atom stereocenters. The van der Waals surface area contributed by atoms with Crippen LogP contribution in [0.25, 0.3) is 0 Å². The highest BCUT2D eigenvalue weighted by atomic mass is 32.1. The second kappa shape index (κ2) is 8.53. The fraction of sp³-hybridized carbons (Fsp3) is 0.278. The van der Waals surface area contributed by atoms with Crippen LogP contribution in [0.15, 0.2) is 36.9 Å². The molecule has 25 heavy (non-hydrogen) atoms. The molecule has 0 aliphatic carbocycles. The van der Waals surface area contributed by atoms with Crippen LogP contribution in [0.5, 0.6) is 0 Å². The van der Waals surface area contributed by atoms with Crippen molar-refractivity contribution in [3.05, 3.63) is 63.9 Å². The first-order chi connectivity index (χ1) is 11.9. The van der Waals surface area contributed by atoms with E-state index in [-0.39, 0.29) is 12.2 Å². The number of amides is 1. The third-order valence-corrected chi connectivity index (χ3v) is 4.73. The van der Waals surface area contributed by atoms with Crippen molar-refractivity contribution in [2.75, 3.05) is 0 Å². The highest BCUT2D eigenvalue weighted by Gasteiger charge is 2.23. The lowest BCUT2D eigenvalue weighted by Crippen LogP contribution is -2.40. The predicted octanol–water partition coefficient (Wildman–Crippen LogP) is 3.33. The highest BCUT2D eigenvalue weighted by Crippen LogP contribution is 2.21. The van der Waals surface area contributed by atoms with Crippen molar-refractivity contribution in [3.63, 3.8) is 0 Å². The molecule has 2 N–H and O–H groups in total. The van der Waals surface area contributed by atoms with Gasteiger partial charge in [-0.15, -0.1) is 17.9 Å². The number of hydrogen-bond acceptors (Lipinski definition) is 4. The monoisotopic (exact) mass is 362 g/mol. The number of benzene rings is 1. The van der Waals surface area contributed by atoms with E-state index in [9.17, 15) is 19.1 Å². The standard InChI is InChI=1S/C18H19FN2O3S/c1-3-4-5-14(18(23)24)21-17(22)16-11(2)20-15(25-16)10-12-6-8-13(19)9-7-12/h3,6-9,14H,1,4-5,10H2,2H3,(H,21,22)(H,23,24). The maximum Gasteiger partial charge on any atom is 0.326 e. The number of nitrogens with one attached hydrogen (secondary N) is 1. The number of carbonyl (C=O) groups excluding carboxylic acids is 1. The van der Waals surface area contributed by atoms with Gasteiger partial charge < -0.3 is 10.4 Å². The number of nitrogens with zero attached hydrogens (tertiary/aromatic N) is 1. The molecule has 0 saturated carbocycles. The van der Waals surface area contributed by atoms with Crippen LogP contribution >= 0.6 is 11.3 Å². The van der Waals surface area contributed by atoms with E-state index in [0.717, 1.165) is 5.56 Å². The average Bonchev–Trinajstić information content (AvgIpc) is 2.93. The van der Waals surface area contributed by atoms with Crippen LogP contribution in [0.3, 0.4) is 0 Å². The van der Waals surface area contributed by atoms with Crippen molar-refractivity contribution in [2.45, 2.75) is 32.2 Å². The molecule has 2 rings (SSSR count). The van der Waals surface area contributed by atoms with E-state index in [1.165, 1.54) is 23.5 Å². The third kappa shape index (κ3) is 5.22. The lowest BCUT2D eigenvalue weighted by molar-refractivity contribution is -0.139. The summed E-state index contributed by atoms with van der Waals surface area (Å²) in [5, 5.41) is 12.4. The van der Waals surface area contributed by atoms with Crippen LogP contribution in [0.2, 0.25) is 0 Å². The Kier molecular flexibility index (Phi) is 6.41. The van der Waals surface area contributed by atoms with Gasteiger partial charge in [-0.25, -0.2) is 14.2 Å². The normalized spacial score (nSPS) is 11.8. The summed E-state index contributed by atoms with van der Waals surface area (Å²) in [6, 6.07) is 5.12. The van der Waals surface area contributed by atoms with Crippen molar-refractivity contribution >= 4 is 23.2 Å². The van der Waals surface area contributed by atoms with Gasteiger partial charge in [0.1, 0.15) is 16.7 Å². The number of aliphatic carboxylic acids is 1. The van der Waals surface area contributed by atoms with E-state index >= 15 is 0 Å². The first-order valence-corrected chi connectivity index (χ1v) is 8.57. The smallest absolute Gasteiger partial charge is 0.326 e. The molecule has 132 valence electrons. The van der Waals surface area contributed by atoms with E-state index in [0.29, 0.717) is 28.4 Å². The Morgan fingerprint density at radius 3 is 2.68 bits per heavy atom. The van der Waals surface area contributed by atoms with Gasteiger partial charge in [-0.3, -0.25) is 4.79 Å². The van der Waals surface area contributed by atoms with E-state index in [4.69, 9.17) is 0 Å². The minimum Gasteiger partial charge on any atom is -0.480 e. The number of carboxylic acids is 1. The molecule has 1 aromatic carbocycles. The Morgan fingerprint density at radius 2 is 2.08 bits per heavy atom. The van der Waals surface area contributed by atoms with Gasteiger partial charge >= 0.3 is 5.97 Å². The van der Waals surface area contributed by atoms with E-state index in [2.05, 4.69) is 16.9 Å². The van der Waals surface area contributed by atoms with Gasteiger partial charge in [0.2, 0.25) is 0 Å². The molecule has 1 amide bonds. The van der Waals surface area contributed by atoms with E-state index in [1.807, 2.05) is 0 Å².